The van der Waals surface area contributed by atoms with Crippen molar-refractivity contribution in [2.24, 2.45) is 0 Å². The molecule has 1 nitrogen and oxygen atoms in total. The standard InChI is InChI=1S/C15H11BrClF3O/c1-21-8-5-13(19)15(14(20)6-8)10(16)7-9-11(17)3-2-4-12(9)18/h2-6,10H,7H2,1H3. The van der Waals surface area contributed by atoms with E-state index >= 15 is 0 Å². The van der Waals surface area contributed by atoms with Crippen LogP contribution in [-0.2, 0) is 6.42 Å². The second-order valence-electron chi connectivity index (χ2n) is 4.38. The topological polar surface area (TPSA) is 9.23 Å². The smallest absolute Gasteiger partial charge is 0.134 e. The predicted molar refractivity (Wildman–Crippen MR) is 79.7 cm³/mol. The fourth-order valence-corrected chi connectivity index (χ4v) is 2.99. The van der Waals surface area contributed by atoms with Gasteiger partial charge in [0.1, 0.15) is 23.2 Å². The molecule has 0 aromatic heterocycles. The summed E-state index contributed by atoms with van der Waals surface area (Å²) in [4.78, 5) is -0.752. The summed E-state index contributed by atoms with van der Waals surface area (Å²) in [5, 5.41) is 0.216. The number of rotatable bonds is 4. The van der Waals surface area contributed by atoms with Crippen molar-refractivity contribution in [1.82, 2.24) is 0 Å². The number of alkyl halides is 1. The molecule has 0 radical (unpaired) electrons. The molecule has 0 spiro atoms. The second-order valence-corrected chi connectivity index (χ2v) is 5.89. The molecule has 112 valence electrons. The molecule has 0 fully saturated rings. The van der Waals surface area contributed by atoms with E-state index in [-0.39, 0.29) is 28.3 Å². The van der Waals surface area contributed by atoms with Crippen LogP contribution >= 0.6 is 27.5 Å². The van der Waals surface area contributed by atoms with E-state index < -0.39 is 22.3 Å². The van der Waals surface area contributed by atoms with E-state index in [1.54, 1.807) is 0 Å². The van der Waals surface area contributed by atoms with E-state index in [0.29, 0.717) is 0 Å². The van der Waals surface area contributed by atoms with Gasteiger partial charge in [-0.2, -0.15) is 0 Å². The Hall–Kier alpha value is -1.20. The van der Waals surface area contributed by atoms with E-state index in [4.69, 9.17) is 16.3 Å². The molecule has 21 heavy (non-hydrogen) atoms. The third-order valence-electron chi connectivity index (χ3n) is 3.05. The molecule has 6 heteroatoms. The summed E-state index contributed by atoms with van der Waals surface area (Å²) < 4.78 is 46.5. The molecular formula is C15H11BrClF3O. The lowest BCUT2D eigenvalue weighted by Gasteiger charge is -2.15. The first kappa shape index (κ1) is 16.2. The van der Waals surface area contributed by atoms with Crippen molar-refractivity contribution in [1.29, 1.82) is 0 Å². The van der Waals surface area contributed by atoms with Crippen molar-refractivity contribution in [3.8, 4) is 5.75 Å². The Morgan fingerprint density at radius 3 is 2.29 bits per heavy atom. The van der Waals surface area contributed by atoms with Gasteiger partial charge in [0, 0.05) is 33.1 Å². The molecule has 0 saturated carbocycles. The number of halogens is 5. The van der Waals surface area contributed by atoms with E-state index in [1.807, 2.05) is 0 Å². The van der Waals surface area contributed by atoms with Crippen molar-refractivity contribution in [3.63, 3.8) is 0 Å². The second kappa shape index (κ2) is 6.71. The summed E-state index contributed by atoms with van der Waals surface area (Å²) in [5.41, 5.74) is 0.0192. The van der Waals surface area contributed by atoms with Gasteiger partial charge in [-0.25, -0.2) is 13.2 Å². The molecule has 0 heterocycles. The zero-order valence-corrected chi connectivity index (χ0v) is 13.3. The van der Waals surface area contributed by atoms with Gasteiger partial charge in [0.05, 0.1) is 7.11 Å². The molecular weight excluding hydrogens is 369 g/mol. The predicted octanol–water partition coefficient (Wildman–Crippen LogP) is 5.44. The van der Waals surface area contributed by atoms with Crippen LogP contribution in [0.25, 0.3) is 0 Å². The van der Waals surface area contributed by atoms with Gasteiger partial charge >= 0.3 is 0 Å². The Bertz CT molecular complexity index is 620. The maximum Gasteiger partial charge on any atom is 0.134 e. The summed E-state index contributed by atoms with van der Waals surface area (Å²) in [6, 6.07) is 6.41. The molecule has 0 bridgehead atoms. The summed E-state index contributed by atoms with van der Waals surface area (Å²) in [6.45, 7) is 0. The van der Waals surface area contributed by atoms with Crippen molar-refractivity contribution in [2.45, 2.75) is 11.2 Å². The van der Waals surface area contributed by atoms with Gasteiger partial charge in [0.15, 0.2) is 0 Å². The summed E-state index contributed by atoms with van der Waals surface area (Å²) in [5.74, 6) is -1.96. The van der Waals surface area contributed by atoms with Gasteiger partial charge in [-0.05, 0) is 18.6 Å². The van der Waals surface area contributed by atoms with Gasteiger partial charge in [-0.15, -0.1) is 0 Å². The van der Waals surface area contributed by atoms with Crippen LogP contribution in [0.1, 0.15) is 16.0 Å². The van der Waals surface area contributed by atoms with E-state index in [2.05, 4.69) is 15.9 Å². The molecule has 0 amide bonds. The maximum atomic E-state index is 14.0. The van der Waals surface area contributed by atoms with Crippen LogP contribution in [-0.4, -0.2) is 7.11 Å². The zero-order valence-electron chi connectivity index (χ0n) is 11.0. The van der Waals surface area contributed by atoms with Crippen LogP contribution in [0.5, 0.6) is 5.75 Å². The largest absolute Gasteiger partial charge is 0.497 e. The van der Waals surface area contributed by atoms with Crippen molar-refractivity contribution < 1.29 is 17.9 Å². The van der Waals surface area contributed by atoms with Crippen LogP contribution in [0, 0.1) is 17.5 Å². The van der Waals surface area contributed by atoms with Gasteiger partial charge in [0.2, 0.25) is 0 Å². The van der Waals surface area contributed by atoms with Gasteiger partial charge in [-0.3, -0.25) is 0 Å². The first-order valence-electron chi connectivity index (χ1n) is 6.04. The average Bonchev–Trinajstić information content (AvgIpc) is 2.42. The molecule has 0 aliphatic heterocycles. The highest BCUT2D eigenvalue weighted by Gasteiger charge is 2.22. The number of methoxy groups -OCH3 is 1. The highest BCUT2D eigenvalue weighted by molar-refractivity contribution is 9.09. The maximum absolute atomic E-state index is 14.0. The van der Waals surface area contributed by atoms with Gasteiger partial charge in [0.25, 0.3) is 0 Å². The lowest BCUT2D eigenvalue weighted by Crippen LogP contribution is -2.05. The fourth-order valence-electron chi connectivity index (χ4n) is 1.99. The molecule has 0 aliphatic rings. The fraction of sp³-hybridized carbons (Fsp3) is 0.200. The molecule has 1 atom stereocenters. The van der Waals surface area contributed by atoms with Gasteiger partial charge < -0.3 is 4.74 Å². The summed E-state index contributed by atoms with van der Waals surface area (Å²) >= 11 is 9.11. The van der Waals surface area contributed by atoms with Crippen LogP contribution < -0.4 is 4.74 Å². The minimum absolute atomic E-state index is 0.0195. The minimum atomic E-state index is -0.763. The Balaban J connectivity index is 2.35. The monoisotopic (exact) mass is 378 g/mol. The van der Waals surface area contributed by atoms with Crippen LogP contribution in [0.4, 0.5) is 13.2 Å². The highest BCUT2D eigenvalue weighted by Crippen LogP contribution is 2.35. The van der Waals surface area contributed by atoms with Crippen molar-refractivity contribution in [2.75, 3.05) is 7.11 Å². The molecule has 0 aliphatic carbocycles. The number of hydrogen-bond donors (Lipinski definition) is 0. The average molecular weight is 380 g/mol. The molecule has 2 aromatic rings. The molecule has 1 unspecified atom stereocenters. The van der Waals surface area contributed by atoms with Crippen LogP contribution in [0.15, 0.2) is 30.3 Å². The van der Waals surface area contributed by atoms with E-state index in [0.717, 1.165) is 12.1 Å². The summed E-state index contributed by atoms with van der Waals surface area (Å²) in [6.07, 6.45) is 0.0195. The number of benzene rings is 2. The Labute approximate surface area is 133 Å². The molecule has 2 rings (SSSR count). The Morgan fingerprint density at radius 2 is 1.76 bits per heavy atom. The van der Waals surface area contributed by atoms with Gasteiger partial charge in [-0.1, -0.05) is 33.6 Å². The lowest BCUT2D eigenvalue weighted by molar-refractivity contribution is 0.405. The Kier molecular flexibility index (Phi) is 5.17. The summed E-state index contributed by atoms with van der Waals surface area (Å²) in [7, 11) is 1.32. The third-order valence-corrected chi connectivity index (χ3v) is 4.18. The molecule has 0 N–H and O–H groups in total. The first-order valence-corrected chi connectivity index (χ1v) is 7.33. The number of ether oxygens (including phenoxy) is 1. The molecule has 0 saturated heterocycles. The SMILES string of the molecule is COc1cc(F)c(C(Br)Cc2c(F)cccc2Cl)c(F)c1. The van der Waals surface area contributed by atoms with Crippen LogP contribution in [0.3, 0.4) is 0 Å². The minimum Gasteiger partial charge on any atom is -0.497 e. The third kappa shape index (κ3) is 3.52. The van der Waals surface area contributed by atoms with Crippen molar-refractivity contribution in [3.05, 3.63) is 63.9 Å². The number of hydrogen-bond acceptors (Lipinski definition) is 1. The van der Waals surface area contributed by atoms with Crippen molar-refractivity contribution >= 4 is 27.5 Å². The lowest BCUT2D eigenvalue weighted by atomic mass is 10.0. The Morgan fingerprint density at radius 1 is 1.14 bits per heavy atom. The van der Waals surface area contributed by atoms with E-state index in [1.165, 1.54) is 25.3 Å². The first-order chi connectivity index (χ1) is 9.93. The quantitative estimate of drug-likeness (QED) is 0.642. The van der Waals surface area contributed by atoms with E-state index in [9.17, 15) is 13.2 Å². The highest BCUT2D eigenvalue weighted by atomic mass is 79.9. The normalized spacial score (nSPS) is 12.3. The van der Waals surface area contributed by atoms with Crippen LogP contribution in [0.2, 0.25) is 5.02 Å². The zero-order chi connectivity index (χ0) is 15.6. The molecule has 2 aromatic carbocycles.